The van der Waals surface area contributed by atoms with Gasteiger partial charge in [0.05, 0.1) is 7.11 Å². The van der Waals surface area contributed by atoms with E-state index in [1.165, 1.54) is 23.1 Å². The zero-order chi connectivity index (χ0) is 14.5. The smallest absolute Gasteiger partial charge is 0.327 e. The van der Waals surface area contributed by atoms with Crippen molar-refractivity contribution in [3.8, 4) is 0 Å². The number of nitrogens with one attached hydrogen (secondary N) is 1. The first kappa shape index (κ1) is 14.8. The van der Waals surface area contributed by atoms with Gasteiger partial charge in [-0.1, -0.05) is 24.3 Å². The molecule has 1 N–H and O–H groups in total. The molecule has 0 saturated carbocycles. The molecule has 0 bridgehead atoms. The summed E-state index contributed by atoms with van der Waals surface area (Å²) in [5.41, 5.74) is 3.33. The molecular formula is C16H19NO2S. The van der Waals surface area contributed by atoms with Crippen LogP contribution in [0.3, 0.4) is 0 Å². The number of hydrogen-bond donors (Lipinski definition) is 1. The van der Waals surface area contributed by atoms with E-state index < -0.39 is 6.04 Å². The Hall–Kier alpha value is -1.65. The zero-order valence-corrected chi connectivity index (χ0v) is 12.8. The van der Waals surface area contributed by atoms with Gasteiger partial charge in [-0.2, -0.15) is 0 Å². The van der Waals surface area contributed by atoms with E-state index in [1.54, 1.807) is 11.3 Å². The Labute approximate surface area is 123 Å². The third kappa shape index (κ3) is 3.46. The Balaban J connectivity index is 2.18. The second-order valence-corrected chi connectivity index (χ2v) is 5.79. The first-order chi connectivity index (χ1) is 9.61. The van der Waals surface area contributed by atoms with Crippen molar-refractivity contribution < 1.29 is 9.53 Å². The minimum atomic E-state index is -0.429. The molecule has 0 saturated heterocycles. The molecule has 1 heterocycles. The van der Waals surface area contributed by atoms with Gasteiger partial charge in [-0.05, 0) is 42.0 Å². The van der Waals surface area contributed by atoms with Crippen LogP contribution in [0.2, 0.25) is 0 Å². The second kappa shape index (κ2) is 6.68. The van der Waals surface area contributed by atoms with Gasteiger partial charge in [0.2, 0.25) is 0 Å². The summed E-state index contributed by atoms with van der Waals surface area (Å²) in [7, 11) is 1.42. The number of thiophene rings is 1. The summed E-state index contributed by atoms with van der Waals surface area (Å²) in [6.07, 6.45) is 0. The van der Waals surface area contributed by atoms with Crippen LogP contribution in [0.25, 0.3) is 0 Å². The van der Waals surface area contributed by atoms with E-state index in [1.807, 2.05) is 42.6 Å². The molecule has 1 atom stereocenters. The third-order valence-corrected chi connectivity index (χ3v) is 4.24. The topological polar surface area (TPSA) is 38.3 Å². The number of hydrogen-bond acceptors (Lipinski definition) is 4. The summed E-state index contributed by atoms with van der Waals surface area (Å²) < 4.78 is 4.91. The number of methoxy groups -OCH3 is 1. The summed E-state index contributed by atoms with van der Waals surface area (Å²) in [4.78, 5) is 13.2. The Morgan fingerprint density at radius 3 is 2.70 bits per heavy atom. The molecule has 1 aromatic heterocycles. The summed E-state index contributed by atoms with van der Waals surface area (Å²) in [5, 5.41) is 5.30. The van der Waals surface area contributed by atoms with Gasteiger partial charge in [0.1, 0.15) is 6.04 Å². The van der Waals surface area contributed by atoms with Crippen LogP contribution in [0, 0.1) is 13.8 Å². The number of aryl methyl sites for hydroxylation is 2. The first-order valence-corrected chi connectivity index (χ1v) is 7.40. The summed E-state index contributed by atoms with van der Waals surface area (Å²) in [6, 6.07) is 9.68. The fourth-order valence-corrected chi connectivity index (χ4v) is 2.67. The molecule has 0 aliphatic heterocycles. The Bertz CT molecular complexity index is 578. The molecule has 2 rings (SSSR count). The lowest BCUT2D eigenvalue weighted by Crippen LogP contribution is -2.29. The van der Waals surface area contributed by atoms with Crippen molar-refractivity contribution in [2.24, 2.45) is 0 Å². The van der Waals surface area contributed by atoms with Crippen molar-refractivity contribution in [3.63, 3.8) is 0 Å². The van der Waals surface area contributed by atoms with Crippen molar-refractivity contribution >= 4 is 17.3 Å². The Kier molecular flexibility index (Phi) is 4.93. The van der Waals surface area contributed by atoms with Crippen molar-refractivity contribution in [1.82, 2.24) is 5.32 Å². The molecule has 0 amide bonds. The molecule has 20 heavy (non-hydrogen) atoms. The number of carbonyl (C=O) groups is 1. The lowest BCUT2D eigenvalue weighted by molar-refractivity contribution is -0.143. The fourth-order valence-electron chi connectivity index (χ4n) is 2.02. The maximum Gasteiger partial charge on any atom is 0.327 e. The normalized spacial score (nSPS) is 12.2. The third-order valence-electron chi connectivity index (χ3n) is 3.36. The van der Waals surface area contributed by atoms with Crippen LogP contribution in [0.15, 0.2) is 35.7 Å². The van der Waals surface area contributed by atoms with Crippen LogP contribution in [-0.4, -0.2) is 13.1 Å². The Morgan fingerprint density at radius 1 is 1.30 bits per heavy atom. The fraction of sp³-hybridized carbons (Fsp3) is 0.312. The van der Waals surface area contributed by atoms with E-state index >= 15 is 0 Å². The van der Waals surface area contributed by atoms with Crippen LogP contribution < -0.4 is 5.32 Å². The predicted molar refractivity (Wildman–Crippen MR) is 81.8 cm³/mol. The molecular weight excluding hydrogens is 270 g/mol. The highest BCUT2D eigenvalue weighted by molar-refractivity contribution is 7.09. The van der Waals surface area contributed by atoms with Gasteiger partial charge in [-0.15, -0.1) is 11.3 Å². The molecule has 0 spiro atoms. The van der Waals surface area contributed by atoms with E-state index in [0.29, 0.717) is 6.54 Å². The maximum atomic E-state index is 12.0. The minimum Gasteiger partial charge on any atom is -0.468 e. The molecule has 4 heteroatoms. The van der Waals surface area contributed by atoms with Crippen molar-refractivity contribution in [2.75, 3.05) is 7.11 Å². The highest BCUT2D eigenvalue weighted by atomic mass is 32.1. The average Bonchev–Trinajstić information content (AvgIpc) is 2.95. The molecule has 1 unspecified atom stereocenters. The number of esters is 1. The quantitative estimate of drug-likeness (QED) is 0.858. The average molecular weight is 289 g/mol. The number of ether oxygens (including phenoxy) is 1. The lowest BCUT2D eigenvalue weighted by atomic mass is 10.0. The largest absolute Gasteiger partial charge is 0.468 e. The Morgan fingerprint density at radius 2 is 2.10 bits per heavy atom. The van der Waals surface area contributed by atoms with E-state index in [0.717, 1.165) is 5.56 Å². The highest BCUT2D eigenvalue weighted by Gasteiger charge is 2.21. The molecule has 0 aliphatic rings. The second-order valence-electron chi connectivity index (χ2n) is 4.76. The van der Waals surface area contributed by atoms with Gasteiger partial charge in [0.25, 0.3) is 0 Å². The van der Waals surface area contributed by atoms with Gasteiger partial charge < -0.3 is 4.74 Å². The van der Waals surface area contributed by atoms with Gasteiger partial charge in [-0.3, -0.25) is 5.32 Å². The van der Waals surface area contributed by atoms with Crippen molar-refractivity contribution in [3.05, 3.63) is 57.3 Å². The zero-order valence-electron chi connectivity index (χ0n) is 12.0. The monoisotopic (exact) mass is 289 g/mol. The molecule has 0 radical (unpaired) electrons. The van der Waals surface area contributed by atoms with E-state index in [9.17, 15) is 4.79 Å². The molecule has 1 aromatic carbocycles. The minimum absolute atomic E-state index is 0.259. The van der Waals surface area contributed by atoms with Crippen LogP contribution >= 0.6 is 11.3 Å². The number of carbonyl (C=O) groups excluding carboxylic acids is 1. The van der Waals surface area contributed by atoms with E-state index in [4.69, 9.17) is 4.74 Å². The standard InChI is InChI=1S/C16H19NO2S/c1-11-6-7-13(9-12(11)2)15(16(18)19-3)17-10-14-5-4-8-20-14/h4-9,15,17H,10H2,1-3H3. The lowest BCUT2D eigenvalue weighted by Gasteiger charge is -2.17. The molecule has 3 nitrogen and oxygen atoms in total. The summed E-state index contributed by atoms with van der Waals surface area (Å²) in [5.74, 6) is -0.259. The van der Waals surface area contributed by atoms with Crippen LogP contribution in [0.4, 0.5) is 0 Å². The van der Waals surface area contributed by atoms with Crippen LogP contribution in [0.5, 0.6) is 0 Å². The first-order valence-electron chi connectivity index (χ1n) is 6.52. The number of benzene rings is 1. The van der Waals surface area contributed by atoms with Gasteiger partial charge in [-0.25, -0.2) is 4.79 Å². The number of rotatable bonds is 5. The van der Waals surface area contributed by atoms with Gasteiger partial charge in [0, 0.05) is 11.4 Å². The molecule has 0 aliphatic carbocycles. The molecule has 2 aromatic rings. The maximum absolute atomic E-state index is 12.0. The SMILES string of the molecule is COC(=O)C(NCc1cccs1)c1ccc(C)c(C)c1. The van der Waals surface area contributed by atoms with Crippen molar-refractivity contribution in [1.29, 1.82) is 0 Å². The predicted octanol–water partition coefficient (Wildman–Crippen LogP) is 3.37. The highest BCUT2D eigenvalue weighted by Crippen LogP contribution is 2.19. The molecule has 106 valence electrons. The van der Waals surface area contributed by atoms with Crippen molar-refractivity contribution in [2.45, 2.75) is 26.4 Å². The summed E-state index contributed by atoms with van der Waals surface area (Å²) in [6.45, 7) is 4.77. The van der Waals surface area contributed by atoms with Crippen LogP contribution in [-0.2, 0) is 16.1 Å². The summed E-state index contributed by atoms with van der Waals surface area (Å²) >= 11 is 1.67. The van der Waals surface area contributed by atoms with Gasteiger partial charge >= 0.3 is 5.97 Å². The van der Waals surface area contributed by atoms with E-state index in [-0.39, 0.29) is 5.97 Å². The van der Waals surface area contributed by atoms with E-state index in [2.05, 4.69) is 12.2 Å². The van der Waals surface area contributed by atoms with Gasteiger partial charge in [0.15, 0.2) is 0 Å². The van der Waals surface area contributed by atoms with Crippen LogP contribution in [0.1, 0.15) is 27.6 Å². The molecule has 0 fully saturated rings.